The summed E-state index contributed by atoms with van der Waals surface area (Å²) in [6, 6.07) is 3.71. The monoisotopic (exact) mass is 322 g/mol. The first-order valence-corrected chi connectivity index (χ1v) is 7.71. The van der Waals surface area contributed by atoms with E-state index in [1.165, 1.54) is 0 Å². The van der Waals surface area contributed by atoms with Crippen molar-refractivity contribution in [3.8, 4) is 5.75 Å². The number of hydrogen-bond acceptors (Lipinski definition) is 4. The largest absolute Gasteiger partial charge is 0.493 e. The number of benzene rings is 1. The van der Waals surface area contributed by atoms with E-state index in [-0.39, 0.29) is 6.61 Å². The van der Waals surface area contributed by atoms with Crippen molar-refractivity contribution in [2.24, 2.45) is 0 Å². The van der Waals surface area contributed by atoms with E-state index in [1.54, 1.807) is 0 Å². The summed E-state index contributed by atoms with van der Waals surface area (Å²) >= 11 is 3.40. The zero-order valence-electron chi connectivity index (χ0n) is 9.99. The van der Waals surface area contributed by atoms with Crippen LogP contribution < -0.4 is 4.74 Å². The molecular weight excluding hydrogens is 308 g/mol. The van der Waals surface area contributed by atoms with Crippen molar-refractivity contribution in [1.29, 1.82) is 0 Å². The first-order valence-electron chi connectivity index (χ1n) is 5.10. The van der Waals surface area contributed by atoms with Gasteiger partial charge < -0.3 is 4.74 Å². The van der Waals surface area contributed by atoms with Gasteiger partial charge in [-0.15, -0.1) is 0 Å². The smallest absolute Gasteiger partial charge is 0.264 e. The molecule has 6 heteroatoms. The van der Waals surface area contributed by atoms with Gasteiger partial charge in [0.2, 0.25) is 0 Å². The molecule has 0 spiro atoms. The van der Waals surface area contributed by atoms with Crippen LogP contribution in [-0.2, 0) is 20.9 Å². The molecule has 0 aliphatic rings. The molecule has 0 radical (unpaired) electrons. The molecule has 0 unspecified atom stereocenters. The van der Waals surface area contributed by atoms with Crippen LogP contribution in [0.25, 0.3) is 0 Å². The van der Waals surface area contributed by atoms with E-state index in [9.17, 15) is 8.42 Å². The van der Waals surface area contributed by atoms with Crippen LogP contribution in [0, 0.1) is 6.92 Å². The van der Waals surface area contributed by atoms with Crippen LogP contribution in [0.3, 0.4) is 0 Å². The van der Waals surface area contributed by atoms with Crippen LogP contribution in [0.5, 0.6) is 5.75 Å². The minimum Gasteiger partial charge on any atom is -0.493 e. The predicted molar refractivity (Wildman–Crippen MR) is 69.7 cm³/mol. The summed E-state index contributed by atoms with van der Waals surface area (Å²) in [5.41, 5.74) is 1.73. The Kier molecular flexibility index (Phi) is 4.97. The molecule has 1 aromatic rings. The Morgan fingerprint density at radius 2 is 2.00 bits per heavy atom. The topological polar surface area (TPSA) is 52.6 Å². The van der Waals surface area contributed by atoms with Crippen LogP contribution >= 0.6 is 15.9 Å². The van der Waals surface area contributed by atoms with Crippen molar-refractivity contribution in [3.05, 3.63) is 27.7 Å². The van der Waals surface area contributed by atoms with Crippen LogP contribution in [0.1, 0.15) is 18.1 Å². The van der Waals surface area contributed by atoms with Gasteiger partial charge in [-0.05, 0) is 41.4 Å². The van der Waals surface area contributed by atoms with Crippen LogP contribution in [0.4, 0.5) is 0 Å². The van der Waals surface area contributed by atoms with E-state index in [0.29, 0.717) is 12.4 Å². The fourth-order valence-electron chi connectivity index (χ4n) is 1.31. The molecule has 0 N–H and O–H groups in total. The second kappa shape index (κ2) is 5.84. The van der Waals surface area contributed by atoms with E-state index in [1.807, 2.05) is 26.0 Å². The Bertz CT molecular complexity index is 496. The van der Waals surface area contributed by atoms with Crippen LogP contribution in [-0.4, -0.2) is 21.3 Å². The second-order valence-corrected chi connectivity index (χ2v) is 6.01. The minimum absolute atomic E-state index is 0.00612. The van der Waals surface area contributed by atoms with Crippen molar-refractivity contribution in [2.75, 3.05) is 12.9 Å². The number of rotatable bonds is 5. The lowest BCUT2D eigenvalue weighted by atomic mass is 10.1. The highest BCUT2D eigenvalue weighted by Crippen LogP contribution is 2.31. The second-order valence-electron chi connectivity index (χ2n) is 3.57. The molecule has 0 saturated carbocycles. The summed E-state index contributed by atoms with van der Waals surface area (Å²) in [6.45, 7) is 4.33. The summed E-state index contributed by atoms with van der Waals surface area (Å²) < 4.78 is 32.9. The van der Waals surface area contributed by atoms with E-state index in [0.717, 1.165) is 21.9 Å². The van der Waals surface area contributed by atoms with Gasteiger partial charge >= 0.3 is 0 Å². The highest BCUT2D eigenvalue weighted by atomic mass is 79.9. The third-order valence-corrected chi connectivity index (χ3v) is 3.57. The lowest BCUT2D eigenvalue weighted by molar-refractivity contribution is 0.306. The molecular formula is C11H15BrO4S. The van der Waals surface area contributed by atoms with Gasteiger partial charge in [0.25, 0.3) is 10.1 Å². The third kappa shape index (κ3) is 4.29. The maximum Gasteiger partial charge on any atom is 0.264 e. The van der Waals surface area contributed by atoms with Gasteiger partial charge in [0.15, 0.2) is 0 Å². The van der Waals surface area contributed by atoms with E-state index >= 15 is 0 Å². The van der Waals surface area contributed by atoms with Gasteiger partial charge in [-0.1, -0.05) is 6.07 Å². The van der Waals surface area contributed by atoms with Gasteiger partial charge in [0, 0.05) is 5.56 Å². The van der Waals surface area contributed by atoms with Crippen molar-refractivity contribution in [1.82, 2.24) is 0 Å². The maximum absolute atomic E-state index is 11.0. The number of halogens is 1. The molecule has 96 valence electrons. The molecule has 0 aromatic heterocycles. The maximum atomic E-state index is 11.0. The zero-order valence-corrected chi connectivity index (χ0v) is 12.4. The quantitative estimate of drug-likeness (QED) is 0.782. The van der Waals surface area contributed by atoms with Gasteiger partial charge in [-0.2, -0.15) is 8.42 Å². The molecule has 0 amide bonds. The van der Waals surface area contributed by atoms with E-state index in [4.69, 9.17) is 8.92 Å². The fraction of sp³-hybridized carbons (Fsp3) is 0.455. The summed E-state index contributed by atoms with van der Waals surface area (Å²) in [7, 11) is -3.44. The first kappa shape index (κ1) is 14.5. The van der Waals surface area contributed by atoms with Crippen molar-refractivity contribution in [3.63, 3.8) is 0 Å². The molecule has 0 heterocycles. The highest BCUT2D eigenvalue weighted by Gasteiger charge is 2.12. The molecule has 4 nitrogen and oxygen atoms in total. The third-order valence-electron chi connectivity index (χ3n) is 2.16. The Hall–Kier alpha value is -0.590. The van der Waals surface area contributed by atoms with E-state index < -0.39 is 10.1 Å². The average molecular weight is 323 g/mol. The standard InChI is InChI=1S/C11H15BrO4S/c1-4-15-10-6-5-8(2)9(11(10)12)7-16-17(3,13)14/h5-6H,4,7H2,1-3H3. The van der Waals surface area contributed by atoms with Crippen molar-refractivity contribution >= 4 is 26.0 Å². The molecule has 1 aromatic carbocycles. The number of aryl methyl sites for hydroxylation is 1. The molecule has 17 heavy (non-hydrogen) atoms. The average Bonchev–Trinajstić information content (AvgIpc) is 2.21. The normalized spacial score (nSPS) is 11.5. The van der Waals surface area contributed by atoms with Gasteiger partial charge in [-0.3, -0.25) is 4.18 Å². The minimum atomic E-state index is -3.44. The van der Waals surface area contributed by atoms with Crippen LogP contribution in [0.2, 0.25) is 0 Å². The van der Waals surface area contributed by atoms with Gasteiger partial charge in [0.05, 0.1) is 23.9 Å². The lowest BCUT2D eigenvalue weighted by Gasteiger charge is -2.12. The predicted octanol–water partition coefficient (Wildman–Crippen LogP) is 2.63. The zero-order chi connectivity index (χ0) is 13.1. The van der Waals surface area contributed by atoms with E-state index in [2.05, 4.69) is 15.9 Å². The Morgan fingerprint density at radius 1 is 1.35 bits per heavy atom. The number of hydrogen-bond donors (Lipinski definition) is 0. The molecule has 1 rings (SSSR count). The molecule has 0 atom stereocenters. The molecule has 0 bridgehead atoms. The van der Waals surface area contributed by atoms with Gasteiger partial charge in [0.1, 0.15) is 5.75 Å². The Morgan fingerprint density at radius 3 is 2.53 bits per heavy atom. The molecule has 0 aliphatic carbocycles. The Labute approximate surface area is 110 Å². The fourth-order valence-corrected chi connectivity index (χ4v) is 2.31. The van der Waals surface area contributed by atoms with Crippen LogP contribution in [0.15, 0.2) is 16.6 Å². The molecule has 0 fully saturated rings. The summed E-state index contributed by atoms with van der Waals surface area (Å²) in [4.78, 5) is 0. The van der Waals surface area contributed by atoms with Crippen molar-refractivity contribution < 1.29 is 17.3 Å². The molecule has 0 aliphatic heterocycles. The first-order chi connectivity index (χ1) is 7.85. The van der Waals surface area contributed by atoms with Gasteiger partial charge in [-0.25, -0.2) is 0 Å². The summed E-state index contributed by atoms with van der Waals surface area (Å²) in [5.74, 6) is 0.685. The lowest BCUT2D eigenvalue weighted by Crippen LogP contribution is -2.05. The Balaban J connectivity index is 3.01. The summed E-state index contributed by atoms with van der Waals surface area (Å²) in [6.07, 6.45) is 1.03. The highest BCUT2D eigenvalue weighted by molar-refractivity contribution is 9.10. The molecule has 0 saturated heterocycles. The van der Waals surface area contributed by atoms with Crippen molar-refractivity contribution in [2.45, 2.75) is 20.5 Å². The number of ether oxygens (including phenoxy) is 1. The SMILES string of the molecule is CCOc1ccc(C)c(COS(C)(=O)=O)c1Br. The summed E-state index contributed by atoms with van der Waals surface area (Å²) in [5, 5.41) is 0.